The summed E-state index contributed by atoms with van der Waals surface area (Å²) in [5, 5.41) is 3.13. The van der Waals surface area contributed by atoms with Gasteiger partial charge in [0.1, 0.15) is 0 Å². The molecule has 1 aromatic rings. The summed E-state index contributed by atoms with van der Waals surface area (Å²) in [6, 6.07) is 6.56. The van der Waals surface area contributed by atoms with Crippen molar-refractivity contribution in [1.82, 2.24) is 0 Å². The summed E-state index contributed by atoms with van der Waals surface area (Å²) < 4.78 is 0. The number of anilines is 1. The van der Waals surface area contributed by atoms with E-state index >= 15 is 0 Å². The van der Waals surface area contributed by atoms with Crippen LogP contribution < -0.4 is 5.32 Å². The second kappa shape index (κ2) is 4.61. The fourth-order valence-electron chi connectivity index (χ4n) is 3.71. The standard InChI is InChI=1S/C18H25NO/c1-17(2,3)13-8-9-15-14(12-13)18(16(20)19-15)10-6-4-5-7-11-18/h8-9,12H,4-7,10-11H2,1-3H3,(H,19,20). The van der Waals surface area contributed by atoms with Gasteiger partial charge in [-0.1, -0.05) is 58.6 Å². The smallest absolute Gasteiger partial charge is 0.235 e. The molecule has 0 atom stereocenters. The predicted octanol–water partition coefficient (Wildman–Crippen LogP) is 4.53. The molecule has 2 nitrogen and oxygen atoms in total. The Kier molecular flexibility index (Phi) is 3.15. The number of hydrogen-bond acceptors (Lipinski definition) is 1. The Hall–Kier alpha value is -1.31. The molecule has 2 aliphatic rings. The monoisotopic (exact) mass is 271 g/mol. The van der Waals surface area contributed by atoms with Crippen LogP contribution in [0, 0.1) is 0 Å². The van der Waals surface area contributed by atoms with Crippen molar-refractivity contribution in [1.29, 1.82) is 0 Å². The molecule has 0 radical (unpaired) electrons. The van der Waals surface area contributed by atoms with Crippen molar-refractivity contribution in [3.63, 3.8) is 0 Å². The molecule has 20 heavy (non-hydrogen) atoms. The molecule has 1 saturated carbocycles. The Labute approximate surface area is 122 Å². The van der Waals surface area contributed by atoms with Crippen LogP contribution in [-0.4, -0.2) is 5.91 Å². The Bertz CT molecular complexity index is 531. The average molecular weight is 271 g/mol. The maximum Gasteiger partial charge on any atom is 0.235 e. The Morgan fingerprint density at radius 2 is 1.70 bits per heavy atom. The topological polar surface area (TPSA) is 29.1 Å². The zero-order valence-electron chi connectivity index (χ0n) is 12.9. The molecule has 1 spiro atoms. The van der Waals surface area contributed by atoms with Crippen molar-refractivity contribution in [3.05, 3.63) is 29.3 Å². The van der Waals surface area contributed by atoms with Crippen LogP contribution in [0.25, 0.3) is 0 Å². The molecule has 2 heteroatoms. The second-order valence-electron chi connectivity index (χ2n) is 7.46. The minimum atomic E-state index is -0.243. The number of hydrogen-bond donors (Lipinski definition) is 1. The van der Waals surface area contributed by atoms with Crippen molar-refractivity contribution >= 4 is 11.6 Å². The quantitative estimate of drug-likeness (QED) is 0.738. The first kappa shape index (κ1) is 13.7. The number of benzene rings is 1. The lowest BCUT2D eigenvalue weighted by Crippen LogP contribution is -2.34. The first-order valence-corrected chi connectivity index (χ1v) is 7.90. The van der Waals surface area contributed by atoms with E-state index in [1.54, 1.807) is 0 Å². The Morgan fingerprint density at radius 1 is 1.05 bits per heavy atom. The summed E-state index contributed by atoms with van der Waals surface area (Å²) in [5.41, 5.74) is 3.53. The van der Waals surface area contributed by atoms with Crippen molar-refractivity contribution in [2.24, 2.45) is 0 Å². The highest BCUT2D eigenvalue weighted by molar-refractivity contribution is 6.06. The van der Waals surface area contributed by atoms with Gasteiger partial charge in [-0.3, -0.25) is 4.79 Å². The van der Waals surface area contributed by atoms with Gasteiger partial charge in [0.15, 0.2) is 0 Å². The Balaban J connectivity index is 2.09. The lowest BCUT2D eigenvalue weighted by atomic mass is 9.73. The number of rotatable bonds is 0. The molecule has 0 saturated heterocycles. The van der Waals surface area contributed by atoms with Gasteiger partial charge in [0.2, 0.25) is 5.91 Å². The molecule has 1 N–H and O–H groups in total. The largest absolute Gasteiger partial charge is 0.325 e. The summed E-state index contributed by atoms with van der Waals surface area (Å²) >= 11 is 0. The first-order valence-electron chi connectivity index (χ1n) is 7.90. The van der Waals surface area contributed by atoms with Crippen molar-refractivity contribution in [2.75, 3.05) is 5.32 Å². The number of fused-ring (bicyclic) bond motifs is 2. The first-order chi connectivity index (χ1) is 9.43. The van der Waals surface area contributed by atoms with E-state index in [4.69, 9.17) is 0 Å². The zero-order chi connectivity index (χ0) is 14.4. The molecule has 1 aliphatic heterocycles. The van der Waals surface area contributed by atoms with Gasteiger partial charge in [-0.2, -0.15) is 0 Å². The van der Waals surface area contributed by atoms with Crippen molar-refractivity contribution < 1.29 is 4.79 Å². The predicted molar refractivity (Wildman–Crippen MR) is 83.2 cm³/mol. The van der Waals surface area contributed by atoms with Crippen LogP contribution in [0.3, 0.4) is 0 Å². The van der Waals surface area contributed by atoms with Crippen LogP contribution in [0.4, 0.5) is 5.69 Å². The van der Waals surface area contributed by atoms with Gasteiger partial charge in [0.05, 0.1) is 5.41 Å². The van der Waals surface area contributed by atoms with E-state index in [1.165, 1.54) is 36.8 Å². The van der Waals surface area contributed by atoms with Crippen LogP contribution in [0.1, 0.15) is 70.4 Å². The van der Waals surface area contributed by atoms with Crippen LogP contribution in [0.2, 0.25) is 0 Å². The fourth-order valence-corrected chi connectivity index (χ4v) is 3.71. The highest BCUT2D eigenvalue weighted by atomic mass is 16.2. The van der Waals surface area contributed by atoms with E-state index in [1.807, 2.05) is 0 Å². The third-order valence-corrected chi connectivity index (χ3v) is 5.04. The zero-order valence-corrected chi connectivity index (χ0v) is 12.9. The molecule has 1 fully saturated rings. The van der Waals surface area contributed by atoms with Crippen LogP contribution in [0.15, 0.2) is 18.2 Å². The minimum absolute atomic E-state index is 0.132. The molecule has 0 unspecified atom stereocenters. The molecule has 0 aromatic heterocycles. The number of nitrogens with one attached hydrogen (secondary N) is 1. The minimum Gasteiger partial charge on any atom is -0.325 e. The molecule has 0 bridgehead atoms. The molecular formula is C18H25NO. The SMILES string of the molecule is CC(C)(C)c1ccc2c(c1)C1(CCCCCC1)C(=O)N2. The average Bonchev–Trinajstić information content (AvgIpc) is 2.56. The van der Waals surface area contributed by atoms with Gasteiger partial charge in [0, 0.05) is 5.69 Å². The number of carbonyl (C=O) groups is 1. The third kappa shape index (κ3) is 2.06. The van der Waals surface area contributed by atoms with E-state index < -0.39 is 0 Å². The van der Waals surface area contributed by atoms with Gasteiger partial charge in [-0.15, -0.1) is 0 Å². The molecular weight excluding hydrogens is 246 g/mol. The van der Waals surface area contributed by atoms with Gasteiger partial charge >= 0.3 is 0 Å². The van der Waals surface area contributed by atoms with E-state index in [9.17, 15) is 4.79 Å². The molecule has 1 heterocycles. The normalized spacial score (nSPS) is 21.4. The maximum absolute atomic E-state index is 12.6. The van der Waals surface area contributed by atoms with E-state index in [2.05, 4.69) is 44.3 Å². The Morgan fingerprint density at radius 3 is 2.30 bits per heavy atom. The molecule has 1 aromatic carbocycles. The maximum atomic E-state index is 12.6. The van der Waals surface area contributed by atoms with E-state index in [0.717, 1.165) is 18.5 Å². The number of amides is 1. The summed E-state index contributed by atoms with van der Waals surface area (Å²) in [4.78, 5) is 12.6. The molecule has 1 amide bonds. The van der Waals surface area contributed by atoms with Crippen LogP contribution in [-0.2, 0) is 15.6 Å². The summed E-state index contributed by atoms with van der Waals surface area (Å²) in [6.07, 6.45) is 6.91. The lowest BCUT2D eigenvalue weighted by molar-refractivity contribution is -0.121. The van der Waals surface area contributed by atoms with Gasteiger partial charge in [-0.25, -0.2) is 0 Å². The molecule has 1 aliphatic carbocycles. The summed E-state index contributed by atoms with van der Waals surface area (Å²) in [5.74, 6) is 0.237. The van der Waals surface area contributed by atoms with Gasteiger partial charge < -0.3 is 5.32 Å². The second-order valence-corrected chi connectivity index (χ2v) is 7.46. The lowest BCUT2D eigenvalue weighted by Gasteiger charge is -2.27. The summed E-state index contributed by atoms with van der Waals surface area (Å²) in [6.45, 7) is 6.70. The number of carbonyl (C=O) groups excluding carboxylic acids is 1. The molecule has 108 valence electrons. The van der Waals surface area contributed by atoms with Crippen molar-refractivity contribution in [2.45, 2.75) is 70.1 Å². The van der Waals surface area contributed by atoms with Gasteiger partial charge in [0.25, 0.3) is 0 Å². The van der Waals surface area contributed by atoms with E-state index in [0.29, 0.717) is 0 Å². The van der Waals surface area contributed by atoms with E-state index in [-0.39, 0.29) is 16.7 Å². The summed E-state index contributed by atoms with van der Waals surface area (Å²) in [7, 11) is 0. The van der Waals surface area contributed by atoms with Crippen molar-refractivity contribution in [3.8, 4) is 0 Å². The van der Waals surface area contributed by atoms with Crippen LogP contribution in [0.5, 0.6) is 0 Å². The fraction of sp³-hybridized carbons (Fsp3) is 0.611. The highest BCUT2D eigenvalue weighted by Crippen LogP contribution is 2.47. The van der Waals surface area contributed by atoms with Gasteiger partial charge in [-0.05, 0) is 35.4 Å². The third-order valence-electron chi connectivity index (χ3n) is 5.04. The molecule has 3 rings (SSSR count). The highest BCUT2D eigenvalue weighted by Gasteiger charge is 2.46. The van der Waals surface area contributed by atoms with Crippen LogP contribution >= 0.6 is 0 Å².